The van der Waals surface area contributed by atoms with Crippen molar-refractivity contribution in [3.05, 3.63) is 18.3 Å². The lowest BCUT2D eigenvalue weighted by Crippen LogP contribution is -2.37. The first-order chi connectivity index (χ1) is 9.93. The predicted molar refractivity (Wildman–Crippen MR) is 86.0 cm³/mol. The second kappa shape index (κ2) is 8.31. The highest BCUT2D eigenvalue weighted by Crippen LogP contribution is 2.22. The van der Waals surface area contributed by atoms with Crippen LogP contribution in [0.15, 0.2) is 23.2 Å². The van der Waals surface area contributed by atoms with Gasteiger partial charge >= 0.3 is 0 Å². The Morgan fingerprint density at radius 3 is 2.48 bits per heavy atom. The lowest BCUT2D eigenvalue weighted by atomic mass is 10.4. The Kier molecular flexibility index (Phi) is 7.07. The van der Waals surface area contributed by atoms with Crippen molar-refractivity contribution in [1.82, 2.24) is 14.2 Å². The molecule has 7 heteroatoms. The molecule has 0 saturated carbocycles. The summed E-state index contributed by atoms with van der Waals surface area (Å²) in [4.78, 5) is 6.37. The number of anilines is 1. The van der Waals surface area contributed by atoms with Crippen LogP contribution in [-0.2, 0) is 10.0 Å². The fraction of sp³-hybridized carbons (Fsp3) is 0.643. The summed E-state index contributed by atoms with van der Waals surface area (Å²) in [5, 5.41) is 3.02. The van der Waals surface area contributed by atoms with E-state index in [9.17, 15) is 8.42 Å². The lowest BCUT2D eigenvalue weighted by Gasteiger charge is -2.24. The summed E-state index contributed by atoms with van der Waals surface area (Å²) in [6.45, 7) is 6.20. The van der Waals surface area contributed by atoms with E-state index < -0.39 is 10.0 Å². The first-order valence-corrected chi connectivity index (χ1v) is 8.71. The van der Waals surface area contributed by atoms with Crippen LogP contribution in [0.3, 0.4) is 0 Å². The molecule has 0 amide bonds. The van der Waals surface area contributed by atoms with Gasteiger partial charge in [0.1, 0.15) is 10.7 Å². The molecule has 21 heavy (non-hydrogen) atoms. The van der Waals surface area contributed by atoms with Gasteiger partial charge in [-0.05, 0) is 39.6 Å². The van der Waals surface area contributed by atoms with E-state index in [-0.39, 0.29) is 4.90 Å². The van der Waals surface area contributed by atoms with Crippen molar-refractivity contribution in [1.29, 1.82) is 0 Å². The molecule has 6 nitrogen and oxygen atoms in total. The van der Waals surface area contributed by atoms with Gasteiger partial charge in [0.05, 0.1) is 0 Å². The van der Waals surface area contributed by atoms with E-state index in [1.165, 1.54) is 4.31 Å². The number of likely N-dealkylation sites (N-methyl/N-ethyl adjacent to an activating group) is 1. The van der Waals surface area contributed by atoms with E-state index in [0.29, 0.717) is 32.0 Å². The number of hydrogen-bond donors (Lipinski definition) is 1. The zero-order valence-electron chi connectivity index (χ0n) is 13.3. The van der Waals surface area contributed by atoms with Crippen LogP contribution in [0.2, 0.25) is 0 Å². The molecule has 0 fully saturated rings. The summed E-state index contributed by atoms with van der Waals surface area (Å²) in [5.74, 6) is 0.422. The van der Waals surface area contributed by atoms with Crippen molar-refractivity contribution in [2.24, 2.45) is 0 Å². The largest absolute Gasteiger partial charge is 0.369 e. The van der Waals surface area contributed by atoms with Crippen molar-refractivity contribution < 1.29 is 8.42 Å². The molecule has 0 bridgehead atoms. The van der Waals surface area contributed by atoms with E-state index >= 15 is 0 Å². The Hall–Kier alpha value is -1.18. The van der Waals surface area contributed by atoms with Gasteiger partial charge in [-0.15, -0.1) is 0 Å². The van der Waals surface area contributed by atoms with Crippen LogP contribution in [0.4, 0.5) is 5.82 Å². The molecule has 0 aromatic carbocycles. The third kappa shape index (κ3) is 4.94. The average molecular weight is 314 g/mol. The topological polar surface area (TPSA) is 65.5 Å². The molecule has 1 rings (SSSR count). The fourth-order valence-corrected chi connectivity index (χ4v) is 3.59. The van der Waals surface area contributed by atoms with E-state index in [1.54, 1.807) is 18.3 Å². The summed E-state index contributed by atoms with van der Waals surface area (Å²) < 4.78 is 27.2. The van der Waals surface area contributed by atoms with Crippen LogP contribution in [0, 0.1) is 0 Å². The van der Waals surface area contributed by atoms with E-state index in [1.807, 2.05) is 32.8 Å². The number of sulfonamides is 1. The van der Waals surface area contributed by atoms with Crippen molar-refractivity contribution in [2.45, 2.75) is 25.2 Å². The first kappa shape index (κ1) is 17.9. The van der Waals surface area contributed by atoms with Crippen LogP contribution in [0.5, 0.6) is 0 Å². The average Bonchev–Trinajstić information content (AvgIpc) is 2.44. The van der Waals surface area contributed by atoms with Crippen LogP contribution < -0.4 is 5.32 Å². The minimum Gasteiger partial charge on any atom is -0.369 e. The van der Waals surface area contributed by atoms with E-state index in [0.717, 1.165) is 6.42 Å². The second-order valence-corrected chi connectivity index (χ2v) is 6.99. The molecule has 0 radical (unpaired) electrons. The van der Waals surface area contributed by atoms with Gasteiger partial charge in [-0.1, -0.05) is 6.92 Å². The summed E-state index contributed by atoms with van der Waals surface area (Å²) >= 11 is 0. The van der Waals surface area contributed by atoms with Crippen molar-refractivity contribution in [3.63, 3.8) is 0 Å². The Morgan fingerprint density at radius 2 is 1.90 bits per heavy atom. The second-order valence-electron chi connectivity index (χ2n) is 5.09. The van der Waals surface area contributed by atoms with Crippen molar-refractivity contribution in [2.75, 3.05) is 45.6 Å². The normalized spacial score (nSPS) is 12.1. The SMILES string of the molecule is CCCN(CCN(C)C)S(=O)(=O)c1cccnc1NCC. The third-order valence-electron chi connectivity index (χ3n) is 3.00. The van der Waals surface area contributed by atoms with Gasteiger partial charge in [-0.3, -0.25) is 0 Å². The monoisotopic (exact) mass is 314 g/mol. The zero-order valence-corrected chi connectivity index (χ0v) is 14.2. The van der Waals surface area contributed by atoms with Crippen LogP contribution in [-0.4, -0.2) is 62.9 Å². The van der Waals surface area contributed by atoms with Gasteiger partial charge in [0, 0.05) is 32.4 Å². The van der Waals surface area contributed by atoms with Gasteiger partial charge in [-0.25, -0.2) is 13.4 Å². The maximum Gasteiger partial charge on any atom is 0.246 e. The molecule has 0 aliphatic heterocycles. The maximum atomic E-state index is 12.9. The highest BCUT2D eigenvalue weighted by Gasteiger charge is 2.26. The fourth-order valence-electron chi connectivity index (χ4n) is 1.95. The minimum absolute atomic E-state index is 0.249. The van der Waals surface area contributed by atoms with Gasteiger partial charge < -0.3 is 10.2 Å². The van der Waals surface area contributed by atoms with Gasteiger partial charge in [0.2, 0.25) is 10.0 Å². The van der Waals surface area contributed by atoms with Gasteiger partial charge in [-0.2, -0.15) is 4.31 Å². The Morgan fingerprint density at radius 1 is 1.19 bits per heavy atom. The predicted octanol–water partition coefficient (Wildman–Crippen LogP) is 1.48. The molecule has 1 aromatic heterocycles. The van der Waals surface area contributed by atoms with Crippen LogP contribution >= 0.6 is 0 Å². The number of nitrogens with zero attached hydrogens (tertiary/aromatic N) is 3. The molecule has 1 heterocycles. The van der Waals surface area contributed by atoms with E-state index in [2.05, 4.69) is 10.3 Å². The molecular weight excluding hydrogens is 288 g/mol. The minimum atomic E-state index is -3.53. The van der Waals surface area contributed by atoms with Crippen molar-refractivity contribution >= 4 is 15.8 Å². The summed E-state index contributed by atoms with van der Waals surface area (Å²) in [7, 11) is 0.341. The van der Waals surface area contributed by atoms with Gasteiger partial charge in [0.25, 0.3) is 0 Å². The number of hydrogen-bond acceptors (Lipinski definition) is 5. The molecule has 120 valence electrons. The smallest absolute Gasteiger partial charge is 0.246 e. The lowest BCUT2D eigenvalue weighted by molar-refractivity contribution is 0.333. The highest BCUT2D eigenvalue weighted by molar-refractivity contribution is 7.89. The highest BCUT2D eigenvalue weighted by atomic mass is 32.2. The molecule has 0 saturated heterocycles. The summed E-state index contributed by atoms with van der Waals surface area (Å²) in [6, 6.07) is 3.27. The third-order valence-corrected chi connectivity index (χ3v) is 4.93. The molecule has 0 unspecified atom stereocenters. The Balaban J connectivity index is 3.10. The molecular formula is C14H26N4O2S. The summed E-state index contributed by atoms with van der Waals surface area (Å²) in [5.41, 5.74) is 0. The first-order valence-electron chi connectivity index (χ1n) is 7.27. The zero-order chi connectivity index (χ0) is 15.9. The molecule has 0 aliphatic carbocycles. The standard InChI is InChI=1S/C14H26N4O2S/c1-5-10-18(12-11-17(3)4)21(19,20)13-8-7-9-16-14(13)15-6-2/h7-9H,5-6,10-12H2,1-4H3,(H,15,16). The quantitative estimate of drug-likeness (QED) is 0.748. The Labute approximate surface area is 128 Å². The molecule has 0 spiro atoms. The number of rotatable bonds is 9. The summed E-state index contributed by atoms with van der Waals surface area (Å²) in [6.07, 6.45) is 2.38. The number of aromatic nitrogens is 1. The van der Waals surface area contributed by atoms with E-state index in [4.69, 9.17) is 0 Å². The van der Waals surface area contributed by atoms with Crippen molar-refractivity contribution in [3.8, 4) is 0 Å². The number of nitrogens with one attached hydrogen (secondary N) is 1. The van der Waals surface area contributed by atoms with Gasteiger partial charge in [0.15, 0.2) is 0 Å². The molecule has 1 N–H and O–H groups in total. The van der Waals surface area contributed by atoms with Crippen LogP contribution in [0.1, 0.15) is 20.3 Å². The number of pyridine rings is 1. The molecule has 0 atom stereocenters. The molecule has 0 aliphatic rings. The molecule has 1 aromatic rings. The Bertz CT molecular complexity index is 532. The van der Waals surface area contributed by atoms with Crippen LogP contribution in [0.25, 0.3) is 0 Å². The maximum absolute atomic E-state index is 12.9.